The highest BCUT2D eigenvalue weighted by Crippen LogP contribution is 2.34. The van der Waals surface area contributed by atoms with E-state index in [1.54, 1.807) is 0 Å². The first-order chi connectivity index (χ1) is 10.1. The van der Waals surface area contributed by atoms with Gasteiger partial charge in [0.2, 0.25) is 0 Å². The lowest BCUT2D eigenvalue weighted by molar-refractivity contribution is 0.487. The highest BCUT2D eigenvalue weighted by molar-refractivity contribution is 6.05. The molecule has 0 radical (unpaired) electrons. The molecule has 3 aromatic rings. The number of hydrogen-bond acceptors (Lipinski definition) is 1. The second-order valence-electron chi connectivity index (χ2n) is 6.29. The van der Waals surface area contributed by atoms with E-state index in [4.69, 9.17) is 0 Å². The largest absolute Gasteiger partial charge is 0.507 e. The highest BCUT2D eigenvalue weighted by Gasteiger charge is 2.07. The van der Waals surface area contributed by atoms with Gasteiger partial charge in [0.05, 0.1) is 0 Å². The number of phenolic OH excluding ortho intramolecular Hbond substituents is 1. The molecule has 0 bridgehead atoms. The summed E-state index contributed by atoms with van der Waals surface area (Å²) in [4.78, 5) is 0. The Labute approximate surface area is 126 Å². The maximum absolute atomic E-state index is 10.5. The van der Waals surface area contributed by atoms with Crippen LogP contribution in [0.5, 0.6) is 5.75 Å². The van der Waals surface area contributed by atoms with Gasteiger partial charge < -0.3 is 5.11 Å². The summed E-state index contributed by atoms with van der Waals surface area (Å²) >= 11 is 0. The van der Waals surface area contributed by atoms with Crippen molar-refractivity contribution in [3.63, 3.8) is 0 Å². The Balaban J connectivity index is 2.00. The summed E-state index contributed by atoms with van der Waals surface area (Å²) < 4.78 is 0. The fourth-order valence-corrected chi connectivity index (χ4v) is 2.96. The monoisotopic (exact) mass is 278 g/mol. The molecule has 0 atom stereocenters. The molecule has 0 fully saturated rings. The van der Waals surface area contributed by atoms with Crippen molar-refractivity contribution >= 4 is 21.5 Å². The van der Waals surface area contributed by atoms with Crippen LogP contribution in [0.2, 0.25) is 0 Å². The van der Waals surface area contributed by atoms with Crippen molar-refractivity contribution in [3.8, 4) is 5.75 Å². The van der Waals surface area contributed by atoms with Gasteiger partial charge in [-0.15, -0.1) is 0 Å². The van der Waals surface area contributed by atoms with Crippen molar-refractivity contribution in [2.75, 3.05) is 0 Å². The molecular weight excluding hydrogens is 256 g/mol. The Bertz CT molecular complexity index is 771. The normalized spacial score (nSPS) is 11.6. The zero-order chi connectivity index (χ0) is 14.8. The molecule has 0 unspecified atom stereocenters. The van der Waals surface area contributed by atoms with Crippen molar-refractivity contribution in [2.24, 2.45) is 5.92 Å². The van der Waals surface area contributed by atoms with Crippen LogP contribution in [0.15, 0.2) is 48.5 Å². The average Bonchev–Trinajstić information content (AvgIpc) is 2.48. The van der Waals surface area contributed by atoms with E-state index in [-0.39, 0.29) is 0 Å². The molecule has 0 saturated carbocycles. The molecule has 0 aliphatic heterocycles. The summed E-state index contributed by atoms with van der Waals surface area (Å²) in [5, 5.41) is 14.7. The standard InChI is InChI=1S/C20H22O/c1-14(2)6-5-7-15-10-11-17-13-16-8-3-4-9-18(16)20(21)19(17)12-15/h3-4,8-14,21H,5-7H2,1-2H3. The van der Waals surface area contributed by atoms with E-state index in [1.165, 1.54) is 18.4 Å². The van der Waals surface area contributed by atoms with E-state index < -0.39 is 0 Å². The number of phenols is 1. The maximum Gasteiger partial charge on any atom is 0.131 e. The molecular formula is C20H22O. The molecule has 3 rings (SSSR count). The van der Waals surface area contributed by atoms with Gasteiger partial charge in [-0.2, -0.15) is 0 Å². The molecule has 0 aliphatic carbocycles. The van der Waals surface area contributed by atoms with Gasteiger partial charge in [0.1, 0.15) is 5.75 Å². The Kier molecular flexibility index (Phi) is 3.83. The number of fused-ring (bicyclic) bond motifs is 2. The predicted molar refractivity (Wildman–Crippen MR) is 90.9 cm³/mol. The van der Waals surface area contributed by atoms with Gasteiger partial charge in [-0.25, -0.2) is 0 Å². The van der Waals surface area contributed by atoms with Gasteiger partial charge in [-0.3, -0.25) is 0 Å². The van der Waals surface area contributed by atoms with Crippen molar-refractivity contribution in [1.29, 1.82) is 0 Å². The lowest BCUT2D eigenvalue weighted by Crippen LogP contribution is -1.91. The van der Waals surface area contributed by atoms with Crippen LogP contribution in [-0.2, 0) is 6.42 Å². The molecule has 0 heterocycles. The molecule has 0 amide bonds. The van der Waals surface area contributed by atoms with Crippen LogP contribution in [0, 0.1) is 5.92 Å². The van der Waals surface area contributed by atoms with Crippen molar-refractivity contribution in [1.82, 2.24) is 0 Å². The number of hydrogen-bond donors (Lipinski definition) is 1. The van der Waals surface area contributed by atoms with Crippen LogP contribution in [-0.4, -0.2) is 5.11 Å². The van der Waals surface area contributed by atoms with Crippen LogP contribution in [0.25, 0.3) is 21.5 Å². The fourth-order valence-electron chi connectivity index (χ4n) is 2.96. The number of benzene rings is 3. The van der Waals surface area contributed by atoms with Crippen LogP contribution in [0.1, 0.15) is 32.3 Å². The van der Waals surface area contributed by atoms with Gasteiger partial charge in [-0.1, -0.05) is 56.7 Å². The summed E-state index contributed by atoms with van der Waals surface area (Å²) in [7, 11) is 0. The van der Waals surface area contributed by atoms with Crippen molar-refractivity contribution in [3.05, 3.63) is 54.1 Å². The third-order valence-corrected chi connectivity index (χ3v) is 4.15. The van der Waals surface area contributed by atoms with E-state index in [1.807, 2.05) is 24.3 Å². The quantitative estimate of drug-likeness (QED) is 0.609. The third-order valence-electron chi connectivity index (χ3n) is 4.15. The number of aromatic hydroxyl groups is 1. The molecule has 0 aliphatic rings. The van der Waals surface area contributed by atoms with E-state index in [0.717, 1.165) is 33.9 Å². The van der Waals surface area contributed by atoms with Crippen LogP contribution in [0.3, 0.4) is 0 Å². The summed E-state index contributed by atoms with van der Waals surface area (Å²) in [6.45, 7) is 4.52. The molecule has 1 heteroatoms. The minimum atomic E-state index is 0.411. The Hall–Kier alpha value is -2.02. The zero-order valence-corrected chi connectivity index (χ0v) is 12.8. The first-order valence-corrected chi connectivity index (χ1v) is 7.78. The number of aryl methyl sites for hydroxylation is 1. The van der Waals surface area contributed by atoms with Gasteiger partial charge >= 0.3 is 0 Å². The lowest BCUT2D eigenvalue weighted by atomic mass is 9.97. The lowest BCUT2D eigenvalue weighted by Gasteiger charge is -2.09. The second kappa shape index (κ2) is 5.77. The first-order valence-electron chi connectivity index (χ1n) is 7.78. The molecule has 1 N–H and O–H groups in total. The van der Waals surface area contributed by atoms with E-state index in [9.17, 15) is 5.11 Å². The van der Waals surface area contributed by atoms with Crippen LogP contribution in [0.4, 0.5) is 0 Å². The predicted octanol–water partition coefficient (Wildman–Crippen LogP) is 5.68. The molecule has 0 saturated heterocycles. The van der Waals surface area contributed by atoms with Crippen LogP contribution >= 0.6 is 0 Å². The second-order valence-corrected chi connectivity index (χ2v) is 6.29. The molecule has 21 heavy (non-hydrogen) atoms. The Morgan fingerprint density at radius 2 is 1.67 bits per heavy atom. The summed E-state index contributed by atoms with van der Waals surface area (Å²) in [6, 6.07) is 16.6. The average molecular weight is 278 g/mol. The molecule has 0 aromatic heterocycles. The summed E-state index contributed by atoms with van der Waals surface area (Å²) in [5.41, 5.74) is 1.31. The van der Waals surface area contributed by atoms with Gasteiger partial charge in [0.15, 0.2) is 0 Å². The van der Waals surface area contributed by atoms with E-state index >= 15 is 0 Å². The first kappa shape index (κ1) is 13.9. The maximum atomic E-state index is 10.5. The topological polar surface area (TPSA) is 20.2 Å². The molecule has 0 spiro atoms. The highest BCUT2D eigenvalue weighted by atomic mass is 16.3. The Morgan fingerprint density at radius 3 is 2.48 bits per heavy atom. The van der Waals surface area contributed by atoms with E-state index in [0.29, 0.717) is 5.75 Å². The minimum absolute atomic E-state index is 0.411. The van der Waals surface area contributed by atoms with E-state index in [2.05, 4.69) is 38.1 Å². The smallest absolute Gasteiger partial charge is 0.131 e. The van der Waals surface area contributed by atoms with Crippen molar-refractivity contribution in [2.45, 2.75) is 33.1 Å². The zero-order valence-electron chi connectivity index (χ0n) is 12.8. The molecule has 3 aromatic carbocycles. The fraction of sp³-hybridized carbons (Fsp3) is 0.300. The van der Waals surface area contributed by atoms with Gasteiger partial charge in [0, 0.05) is 10.8 Å². The summed E-state index contributed by atoms with van der Waals surface area (Å²) in [5.74, 6) is 1.16. The van der Waals surface area contributed by atoms with Crippen LogP contribution < -0.4 is 0 Å². The SMILES string of the molecule is CC(C)CCCc1ccc2cc3ccccc3c(O)c2c1. The van der Waals surface area contributed by atoms with Crippen molar-refractivity contribution < 1.29 is 5.11 Å². The summed E-state index contributed by atoms with van der Waals surface area (Å²) in [6.07, 6.45) is 3.54. The van der Waals surface area contributed by atoms with Gasteiger partial charge in [0.25, 0.3) is 0 Å². The molecule has 1 nitrogen and oxygen atoms in total. The third kappa shape index (κ3) is 2.87. The van der Waals surface area contributed by atoms with Gasteiger partial charge in [-0.05, 0) is 47.2 Å². The number of rotatable bonds is 4. The Morgan fingerprint density at radius 1 is 0.905 bits per heavy atom. The molecule has 108 valence electrons. The minimum Gasteiger partial charge on any atom is -0.507 e.